The van der Waals surface area contributed by atoms with E-state index in [9.17, 15) is 4.79 Å². The van der Waals surface area contributed by atoms with Crippen LogP contribution < -0.4 is 11.1 Å². The predicted molar refractivity (Wildman–Crippen MR) is 82.3 cm³/mol. The summed E-state index contributed by atoms with van der Waals surface area (Å²) in [6, 6.07) is 11.6. The molecule has 0 aliphatic rings. The van der Waals surface area contributed by atoms with Gasteiger partial charge in [0.2, 0.25) is 0 Å². The summed E-state index contributed by atoms with van der Waals surface area (Å²) in [4.78, 5) is 16.0. The lowest BCUT2D eigenvalue weighted by atomic mass is 10.1. The van der Waals surface area contributed by atoms with Crippen molar-refractivity contribution >= 4 is 21.8 Å². The molecule has 0 fully saturated rings. The summed E-state index contributed by atoms with van der Waals surface area (Å²) in [6.45, 7) is 1.12. The van der Waals surface area contributed by atoms with Crippen LogP contribution in [-0.4, -0.2) is 17.4 Å². The maximum atomic E-state index is 12.0. The number of pyridine rings is 1. The van der Waals surface area contributed by atoms with Crippen molar-refractivity contribution in [1.29, 1.82) is 0 Å². The number of aromatic nitrogens is 1. The summed E-state index contributed by atoms with van der Waals surface area (Å²) >= 11 is 3.31. The number of halogens is 1. The van der Waals surface area contributed by atoms with Gasteiger partial charge in [-0.05, 0) is 52.2 Å². The monoisotopic (exact) mass is 333 g/mol. The molecule has 0 aliphatic carbocycles. The third-order valence-electron chi connectivity index (χ3n) is 2.88. The SMILES string of the molecule is NCCc1ccc(CNC(=O)c2ncccc2Br)cc1. The van der Waals surface area contributed by atoms with Gasteiger partial charge in [-0.15, -0.1) is 0 Å². The maximum Gasteiger partial charge on any atom is 0.271 e. The Balaban J connectivity index is 1.95. The van der Waals surface area contributed by atoms with Crippen molar-refractivity contribution in [3.05, 3.63) is 63.9 Å². The molecule has 4 nitrogen and oxygen atoms in total. The van der Waals surface area contributed by atoms with E-state index in [1.165, 1.54) is 5.56 Å². The number of carbonyl (C=O) groups is 1. The summed E-state index contributed by atoms with van der Waals surface area (Å²) in [6.07, 6.45) is 2.47. The lowest BCUT2D eigenvalue weighted by Crippen LogP contribution is -2.24. The molecule has 2 aromatic rings. The fourth-order valence-corrected chi connectivity index (χ4v) is 2.24. The van der Waals surface area contributed by atoms with Crippen LogP contribution in [0.5, 0.6) is 0 Å². The second-order valence-electron chi connectivity index (χ2n) is 4.37. The van der Waals surface area contributed by atoms with E-state index in [0.29, 0.717) is 23.3 Å². The average molecular weight is 334 g/mol. The largest absolute Gasteiger partial charge is 0.347 e. The highest BCUT2D eigenvalue weighted by atomic mass is 79.9. The lowest BCUT2D eigenvalue weighted by Gasteiger charge is -2.07. The Hall–Kier alpha value is -1.72. The molecule has 0 bridgehead atoms. The quantitative estimate of drug-likeness (QED) is 0.881. The molecule has 1 aromatic heterocycles. The van der Waals surface area contributed by atoms with Gasteiger partial charge in [-0.3, -0.25) is 4.79 Å². The summed E-state index contributed by atoms with van der Waals surface area (Å²) in [5.41, 5.74) is 8.15. The Morgan fingerprint density at radius 1 is 1.20 bits per heavy atom. The molecule has 1 aromatic carbocycles. The van der Waals surface area contributed by atoms with Crippen molar-refractivity contribution < 1.29 is 4.79 Å². The van der Waals surface area contributed by atoms with Crippen molar-refractivity contribution in [3.63, 3.8) is 0 Å². The fraction of sp³-hybridized carbons (Fsp3) is 0.200. The zero-order valence-electron chi connectivity index (χ0n) is 11.0. The van der Waals surface area contributed by atoms with Crippen molar-refractivity contribution in [3.8, 4) is 0 Å². The van der Waals surface area contributed by atoms with Crippen molar-refractivity contribution in [2.45, 2.75) is 13.0 Å². The van der Waals surface area contributed by atoms with E-state index in [0.717, 1.165) is 12.0 Å². The molecule has 0 saturated carbocycles. The van der Waals surface area contributed by atoms with Gasteiger partial charge in [0, 0.05) is 17.2 Å². The van der Waals surface area contributed by atoms with E-state index < -0.39 is 0 Å². The number of nitrogens with one attached hydrogen (secondary N) is 1. The first kappa shape index (κ1) is 14.7. The minimum Gasteiger partial charge on any atom is -0.347 e. The minimum absolute atomic E-state index is 0.191. The molecule has 1 heterocycles. The van der Waals surface area contributed by atoms with Crippen LogP contribution in [0.15, 0.2) is 47.1 Å². The van der Waals surface area contributed by atoms with E-state index >= 15 is 0 Å². The van der Waals surface area contributed by atoms with Gasteiger partial charge in [-0.25, -0.2) is 4.98 Å². The molecule has 104 valence electrons. The third-order valence-corrected chi connectivity index (χ3v) is 3.52. The van der Waals surface area contributed by atoms with Crippen molar-refractivity contribution in [2.75, 3.05) is 6.54 Å². The number of rotatable bonds is 5. The molecule has 0 spiro atoms. The molecule has 2 rings (SSSR count). The molecule has 0 radical (unpaired) electrons. The Labute approximate surface area is 126 Å². The summed E-state index contributed by atoms with van der Waals surface area (Å²) < 4.78 is 0.691. The second-order valence-corrected chi connectivity index (χ2v) is 5.23. The normalized spacial score (nSPS) is 10.3. The Bertz CT molecular complexity index is 584. The van der Waals surface area contributed by atoms with Gasteiger partial charge in [0.25, 0.3) is 5.91 Å². The van der Waals surface area contributed by atoms with Crippen LogP contribution in [0.4, 0.5) is 0 Å². The van der Waals surface area contributed by atoms with E-state index in [-0.39, 0.29) is 5.91 Å². The van der Waals surface area contributed by atoms with Crippen LogP contribution in [0.2, 0.25) is 0 Å². The van der Waals surface area contributed by atoms with Gasteiger partial charge < -0.3 is 11.1 Å². The van der Waals surface area contributed by atoms with E-state index in [1.807, 2.05) is 24.3 Å². The van der Waals surface area contributed by atoms with Crippen LogP contribution >= 0.6 is 15.9 Å². The molecule has 3 N–H and O–H groups in total. The third kappa shape index (κ3) is 3.88. The first-order chi connectivity index (χ1) is 9.70. The number of carbonyl (C=O) groups excluding carboxylic acids is 1. The molecule has 1 amide bonds. The zero-order chi connectivity index (χ0) is 14.4. The predicted octanol–water partition coefficient (Wildman–Crippen LogP) is 2.28. The van der Waals surface area contributed by atoms with Crippen LogP contribution in [-0.2, 0) is 13.0 Å². The van der Waals surface area contributed by atoms with E-state index in [2.05, 4.69) is 26.2 Å². The number of nitrogens with two attached hydrogens (primary N) is 1. The Morgan fingerprint density at radius 2 is 1.90 bits per heavy atom. The number of hydrogen-bond acceptors (Lipinski definition) is 3. The molecular formula is C15H16BrN3O. The first-order valence-electron chi connectivity index (χ1n) is 6.37. The second kappa shape index (κ2) is 7.17. The summed E-state index contributed by atoms with van der Waals surface area (Å²) in [5, 5.41) is 2.85. The van der Waals surface area contributed by atoms with Gasteiger partial charge in [-0.2, -0.15) is 0 Å². The number of amides is 1. The summed E-state index contributed by atoms with van der Waals surface area (Å²) in [5.74, 6) is -0.191. The van der Waals surface area contributed by atoms with Crippen molar-refractivity contribution in [1.82, 2.24) is 10.3 Å². The molecule has 0 unspecified atom stereocenters. The topological polar surface area (TPSA) is 68.0 Å². The Kier molecular flexibility index (Phi) is 5.26. The Morgan fingerprint density at radius 3 is 2.55 bits per heavy atom. The smallest absolute Gasteiger partial charge is 0.271 e. The number of hydrogen-bond donors (Lipinski definition) is 2. The zero-order valence-corrected chi connectivity index (χ0v) is 12.6. The van der Waals surface area contributed by atoms with Gasteiger partial charge in [0.1, 0.15) is 5.69 Å². The van der Waals surface area contributed by atoms with Crippen LogP contribution in [0, 0.1) is 0 Å². The van der Waals surface area contributed by atoms with Crippen LogP contribution in [0.25, 0.3) is 0 Å². The highest BCUT2D eigenvalue weighted by Gasteiger charge is 2.10. The van der Waals surface area contributed by atoms with E-state index in [1.54, 1.807) is 18.3 Å². The van der Waals surface area contributed by atoms with Crippen LogP contribution in [0.3, 0.4) is 0 Å². The molecular weight excluding hydrogens is 318 g/mol. The fourth-order valence-electron chi connectivity index (χ4n) is 1.81. The van der Waals surface area contributed by atoms with Gasteiger partial charge in [0.05, 0.1) is 0 Å². The molecule has 0 atom stereocenters. The number of benzene rings is 1. The van der Waals surface area contributed by atoms with Gasteiger partial charge >= 0.3 is 0 Å². The van der Waals surface area contributed by atoms with Gasteiger partial charge in [0.15, 0.2) is 0 Å². The lowest BCUT2D eigenvalue weighted by molar-refractivity contribution is 0.0945. The molecule has 20 heavy (non-hydrogen) atoms. The highest BCUT2D eigenvalue weighted by Crippen LogP contribution is 2.13. The molecule has 0 aliphatic heterocycles. The average Bonchev–Trinajstić information content (AvgIpc) is 2.47. The summed E-state index contributed by atoms with van der Waals surface area (Å²) in [7, 11) is 0. The van der Waals surface area contributed by atoms with Crippen LogP contribution in [0.1, 0.15) is 21.6 Å². The van der Waals surface area contributed by atoms with Gasteiger partial charge in [-0.1, -0.05) is 24.3 Å². The first-order valence-corrected chi connectivity index (χ1v) is 7.16. The molecule has 5 heteroatoms. The maximum absolute atomic E-state index is 12.0. The standard InChI is InChI=1S/C15H16BrN3O/c16-13-2-1-9-18-14(13)15(20)19-10-12-5-3-11(4-6-12)7-8-17/h1-6,9H,7-8,10,17H2,(H,19,20). The molecule has 0 saturated heterocycles. The van der Waals surface area contributed by atoms with E-state index in [4.69, 9.17) is 5.73 Å². The highest BCUT2D eigenvalue weighted by molar-refractivity contribution is 9.10. The minimum atomic E-state index is -0.191. The van der Waals surface area contributed by atoms with Crippen molar-refractivity contribution in [2.24, 2.45) is 5.73 Å². The number of nitrogens with zero attached hydrogens (tertiary/aromatic N) is 1.